The number of fused-ring (bicyclic) bond motifs is 1. The zero-order valence-corrected chi connectivity index (χ0v) is 8.91. The molecule has 0 spiro atoms. The van der Waals surface area contributed by atoms with Gasteiger partial charge in [-0.2, -0.15) is 0 Å². The SMILES string of the molecule is O=NN(CC(=O)O)c1ccc2ccccc2c1. The number of carboxylic acids is 1. The van der Waals surface area contributed by atoms with Crippen LogP contribution in [0.15, 0.2) is 47.8 Å². The van der Waals surface area contributed by atoms with Crippen molar-refractivity contribution in [1.29, 1.82) is 0 Å². The topological polar surface area (TPSA) is 70.0 Å². The molecule has 0 aliphatic heterocycles. The zero-order chi connectivity index (χ0) is 12.3. The van der Waals surface area contributed by atoms with Gasteiger partial charge in [0.2, 0.25) is 0 Å². The van der Waals surface area contributed by atoms with Gasteiger partial charge in [0.25, 0.3) is 0 Å². The molecule has 0 bridgehead atoms. The third-order valence-electron chi connectivity index (χ3n) is 2.41. The van der Waals surface area contributed by atoms with Gasteiger partial charge in [-0.15, -0.1) is 4.91 Å². The van der Waals surface area contributed by atoms with E-state index in [9.17, 15) is 9.70 Å². The first-order chi connectivity index (χ1) is 8.20. The summed E-state index contributed by atoms with van der Waals surface area (Å²) in [5, 5.41) is 14.2. The lowest BCUT2D eigenvalue weighted by molar-refractivity contribution is -0.135. The highest BCUT2D eigenvalue weighted by atomic mass is 16.4. The predicted octanol–water partition coefficient (Wildman–Crippen LogP) is 2.41. The molecule has 5 nitrogen and oxygen atoms in total. The van der Waals surface area contributed by atoms with Crippen molar-refractivity contribution in [2.24, 2.45) is 5.29 Å². The van der Waals surface area contributed by atoms with Crippen molar-refractivity contribution in [1.82, 2.24) is 0 Å². The Morgan fingerprint density at radius 3 is 2.53 bits per heavy atom. The molecule has 0 saturated carbocycles. The molecule has 0 saturated heterocycles. The summed E-state index contributed by atoms with van der Waals surface area (Å²) in [6.45, 7) is -0.443. The van der Waals surface area contributed by atoms with Crippen LogP contribution in [0, 0.1) is 4.91 Å². The standard InChI is InChI=1S/C12H10N2O3/c15-12(16)8-14(13-17)11-6-5-9-3-1-2-4-10(9)7-11/h1-7H,8H2,(H,15,16). The maximum atomic E-state index is 10.6. The Kier molecular flexibility index (Phi) is 3.00. The Bertz CT molecular complexity index is 568. The van der Waals surface area contributed by atoms with Gasteiger partial charge in [0.1, 0.15) is 6.54 Å². The van der Waals surface area contributed by atoms with E-state index in [-0.39, 0.29) is 0 Å². The minimum atomic E-state index is -1.10. The molecule has 86 valence electrons. The third kappa shape index (κ3) is 2.39. The number of anilines is 1. The lowest BCUT2D eigenvalue weighted by Gasteiger charge is -2.13. The average Bonchev–Trinajstić information content (AvgIpc) is 2.35. The molecule has 17 heavy (non-hydrogen) atoms. The van der Waals surface area contributed by atoms with Crippen molar-refractivity contribution >= 4 is 22.4 Å². The number of hydrogen-bond donors (Lipinski definition) is 1. The van der Waals surface area contributed by atoms with E-state index in [0.29, 0.717) is 5.69 Å². The summed E-state index contributed by atoms with van der Waals surface area (Å²) in [7, 11) is 0. The van der Waals surface area contributed by atoms with Gasteiger partial charge < -0.3 is 5.11 Å². The van der Waals surface area contributed by atoms with Crippen molar-refractivity contribution in [2.75, 3.05) is 11.6 Å². The van der Waals surface area contributed by atoms with Gasteiger partial charge in [-0.25, -0.2) is 5.01 Å². The summed E-state index contributed by atoms with van der Waals surface area (Å²) in [6.07, 6.45) is 0. The van der Waals surface area contributed by atoms with E-state index in [0.717, 1.165) is 15.8 Å². The molecule has 0 aromatic heterocycles. The Labute approximate surface area is 97.2 Å². The van der Waals surface area contributed by atoms with Crippen molar-refractivity contribution in [3.63, 3.8) is 0 Å². The number of nitroso groups, excluding NO2 is 1. The molecule has 5 heteroatoms. The number of nitrogens with zero attached hydrogens (tertiary/aromatic N) is 2. The van der Waals surface area contributed by atoms with Gasteiger partial charge >= 0.3 is 5.97 Å². The molecule has 0 amide bonds. The van der Waals surface area contributed by atoms with E-state index in [1.54, 1.807) is 12.1 Å². The first kappa shape index (κ1) is 11.1. The molecule has 0 radical (unpaired) electrons. The smallest absolute Gasteiger partial charge is 0.325 e. The highest BCUT2D eigenvalue weighted by molar-refractivity contribution is 5.86. The van der Waals surface area contributed by atoms with E-state index >= 15 is 0 Å². The first-order valence-electron chi connectivity index (χ1n) is 5.02. The Hall–Kier alpha value is -2.43. The predicted molar refractivity (Wildman–Crippen MR) is 64.7 cm³/mol. The van der Waals surface area contributed by atoms with Crippen LogP contribution in [-0.2, 0) is 4.79 Å². The van der Waals surface area contributed by atoms with Gasteiger partial charge in [-0.05, 0) is 22.9 Å². The molecule has 1 N–H and O–H groups in total. The van der Waals surface area contributed by atoms with Crippen LogP contribution in [0.1, 0.15) is 0 Å². The van der Waals surface area contributed by atoms with Crippen LogP contribution in [0.2, 0.25) is 0 Å². The normalized spacial score (nSPS) is 10.1. The summed E-state index contributed by atoms with van der Waals surface area (Å²) in [5.41, 5.74) is 0.473. The second-order valence-corrected chi connectivity index (χ2v) is 3.56. The highest BCUT2D eigenvalue weighted by Gasteiger charge is 2.11. The van der Waals surface area contributed by atoms with Crippen LogP contribution in [0.25, 0.3) is 10.8 Å². The Balaban J connectivity index is 2.40. The second kappa shape index (κ2) is 4.61. The maximum Gasteiger partial charge on any atom is 0.325 e. The van der Waals surface area contributed by atoms with Crippen LogP contribution in [0.4, 0.5) is 5.69 Å². The highest BCUT2D eigenvalue weighted by Crippen LogP contribution is 2.22. The van der Waals surface area contributed by atoms with Crippen LogP contribution in [0.3, 0.4) is 0 Å². The fourth-order valence-electron chi connectivity index (χ4n) is 1.63. The molecular weight excluding hydrogens is 220 g/mol. The largest absolute Gasteiger partial charge is 0.480 e. The van der Waals surface area contributed by atoms with Gasteiger partial charge in [0.05, 0.1) is 11.0 Å². The number of aliphatic carboxylic acids is 1. The number of carboxylic acid groups (broad SMARTS) is 1. The first-order valence-corrected chi connectivity index (χ1v) is 5.02. The van der Waals surface area contributed by atoms with E-state index in [1.807, 2.05) is 30.3 Å². The van der Waals surface area contributed by atoms with Crippen LogP contribution in [0.5, 0.6) is 0 Å². The Morgan fingerprint density at radius 1 is 1.18 bits per heavy atom. The minimum absolute atomic E-state index is 0.443. The van der Waals surface area contributed by atoms with E-state index in [4.69, 9.17) is 5.11 Å². The molecule has 2 rings (SSSR count). The van der Waals surface area contributed by atoms with Gasteiger partial charge in [-0.1, -0.05) is 30.3 Å². The van der Waals surface area contributed by atoms with E-state index < -0.39 is 12.5 Å². The summed E-state index contributed by atoms with van der Waals surface area (Å²) in [5.74, 6) is -1.10. The number of rotatable bonds is 4. The molecule has 2 aromatic carbocycles. The fourth-order valence-corrected chi connectivity index (χ4v) is 1.63. The Morgan fingerprint density at radius 2 is 1.88 bits per heavy atom. The molecule has 0 fully saturated rings. The third-order valence-corrected chi connectivity index (χ3v) is 2.41. The molecule has 0 aliphatic rings. The fraction of sp³-hybridized carbons (Fsp3) is 0.0833. The molecule has 0 aliphatic carbocycles. The van der Waals surface area contributed by atoms with E-state index in [2.05, 4.69) is 5.29 Å². The molecule has 0 heterocycles. The molecular formula is C12H10N2O3. The molecule has 0 unspecified atom stereocenters. The minimum Gasteiger partial charge on any atom is -0.480 e. The summed E-state index contributed by atoms with van der Waals surface area (Å²) >= 11 is 0. The average molecular weight is 230 g/mol. The van der Waals surface area contributed by atoms with Crippen molar-refractivity contribution in [3.05, 3.63) is 47.4 Å². The van der Waals surface area contributed by atoms with Crippen molar-refractivity contribution in [3.8, 4) is 0 Å². The molecule has 0 atom stereocenters. The summed E-state index contributed by atoms with van der Waals surface area (Å²) in [4.78, 5) is 21.2. The van der Waals surface area contributed by atoms with Crippen LogP contribution >= 0.6 is 0 Å². The lowest BCUT2D eigenvalue weighted by Crippen LogP contribution is -2.23. The van der Waals surface area contributed by atoms with E-state index in [1.165, 1.54) is 0 Å². The maximum absolute atomic E-state index is 10.6. The zero-order valence-electron chi connectivity index (χ0n) is 8.91. The van der Waals surface area contributed by atoms with Gasteiger partial charge in [-0.3, -0.25) is 4.79 Å². The van der Waals surface area contributed by atoms with Crippen LogP contribution in [-0.4, -0.2) is 17.6 Å². The van der Waals surface area contributed by atoms with Crippen molar-refractivity contribution < 1.29 is 9.90 Å². The lowest BCUT2D eigenvalue weighted by atomic mass is 10.1. The number of carbonyl (C=O) groups is 1. The van der Waals surface area contributed by atoms with Gasteiger partial charge in [0, 0.05) is 0 Å². The van der Waals surface area contributed by atoms with Gasteiger partial charge in [0.15, 0.2) is 0 Å². The monoisotopic (exact) mass is 230 g/mol. The quantitative estimate of drug-likeness (QED) is 0.646. The second-order valence-electron chi connectivity index (χ2n) is 3.56. The van der Waals surface area contributed by atoms with Crippen LogP contribution < -0.4 is 5.01 Å². The summed E-state index contributed by atoms with van der Waals surface area (Å²) in [6, 6.07) is 12.9. The number of benzene rings is 2. The van der Waals surface area contributed by atoms with Crippen molar-refractivity contribution in [2.45, 2.75) is 0 Å². The summed E-state index contributed by atoms with van der Waals surface area (Å²) < 4.78 is 0. The molecule has 2 aromatic rings. The number of hydrogen-bond acceptors (Lipinski definition) is 3.